The number of carbonyl (C=O) groups is 3. The largest absolute Gasteiger partial charge is 0.480 e. The molecule has 15 heavy (non-hydrogen) atoms. The number of esters is 1. The van der Waals surface area contributed by atoms with Crippen LogP contribution >= 0.6 is 0 Å². The topological polar surface area (TPSA) is 80.7 Å². The molecule has 0 aromatic carbocycles. The Morgan fingerprint density at radius 1 is 1.60 bits per heavy atom. The van der Waals surface area contributed by atoms with E-state index >= 15 is 0 Å². The first-order valence-corrected chi connectivity index (χ1v) is 4.61. The molecule has 2 bridgehead atoms. The van der Waals surface area contributed by atoms with Crippen molar-refractivity contribution in [2.24, 2.45) is 11.3 Å². The highest BCUT2D eigenvalue weighted by Crippen LogP contribution is 2.43. The van der Waals surface area contributed by atoms with Crippen molar-refractivity contribution in [2.45, 2.75) is 19.4 Å². The van der Waals surface area contributed by atoms with Gasteiger partial charge >= 0.3 is 11.9 Å². The van der Waals surface area contributed by atoms with E-state index in [2.05, 4.69) is 0 Å². The van der Waals surface area contributed by atoms with Crippen LogP contribution in [0.5, 0.6) is 0 Å². The van der Waals surface area contributed by atoms with Crippen molar-refractivity contribution in [3.8, 4) is 0 Å². The number of carboxylic acid groups (broad SMARTS) is 1. The number of fused-ring (bicyclic) bond motifs is 2. The minimum absolute atomic E-state index is 0.0116. The Hall–Kier alpha value is -1.65. The van der Waals surface area contributed by atoms with Crippen molar-refractivity contribution in [3.63, 3.8) is 0 Å². The van der Waals surface area contributed by atoms with Crippen molar-refractivity contribution >= 4 is 17.7 Å². The summed E-state index contributed by atoms with van der Waals surface area (Å²) in [6, 6.07) is 0. The molecule has 1 saturated heterocycles. The van der Waals surface area contributed by atoms with Gasteiger partial charge in [0.25, 0.3) is 0 Å². The summed E-state index contributed by atoms with van der Waals surface area (Å²) in [5, 5.41) is 9.02. The van der Waals surface area contributed by atoms with E-state index in [4.69, 9.17) is 9.84 Å². The Balaban J connectivity index is 2.43. The van der Waals surface area contributed by atoms with Gasteiger partial charge in [-0.2, -0.15) is 0 Å². The average molecular weight is 210 g/mol. The summed E-state index contributed by atoms with van der Waals surface area (Å²) in [6.45, 7) is 1.38. The molecule has 3 rings (SSSR count). The Morgan fingerprint density at radius 2 is 2.27 bits per heavy atom. The van der Waals surface area contributed by atoms with Gasteiger partial charge in [-0.1, -0.05) is 6.08 Å². The van der Waals surface area contributed by atoms with Gasteiger partial charge in [-0.25, -0.2) is 0 Å². The fourth-order valence-electron chi connectivity index (χ4n) is 2.05. The van der Waals surface area contributed by atoms with Crippen LogP contribution in [0.3, 0.4) is 0 Å². The zero-order chi connectivity index (χ0) is 11.2. The molecule has 0 saturated carbocycles. The van der Waals surface area contributed by atoms with Gasteiger partial charge in [0, 0.05) is 0 Å². The molecule has 0 aromatic rings. The second-order valence-electron chi connectivity index (χ2n) is 3.93. The second-order valence-corrected chi connectivity index (χ2v) is 3.93. The van der Waals surface area contributed by atoms with Crippen LogP contribution in [0.15, 0.2) is 12.2 Å². The van der Waals surface area contributed by atoms with E-state index in [9.17, 15) is 14.4 Å². The molecular formula is C10H10O5. The Labute approximate surface area is 85.7 Å². The van der Waals surface area contributed by atoms with Gasteiger partial charge in [-0.15, -0.1) is 0 Å². The standard InChI is InChI=1S/C10H10O5/c1-5(11)6-4-10(8(12)13)3-2-7(6)15-9(10)14/h2-3,6-7H,4H2,1H3,(H,12,13)/t6-,7-,10+/m1/s1. The van der Waals surface area contributed by atoms with Gasteiger partial charge in [-0.05, 0) is 19.4 Å². The molecule has 80 valence electrons. The third-order valence-corrected chi connectivity index (χ3v) is 3.02. The highest BCUT2D eigenvalue weighted by atomic mass is 16.6. The maximum Gasteiger partial charge on any atom is 0.328 e. The molecule has 1 aliphatic carbocycles. The van der Waals surface area contributed by atoms with Crippen LogP contribution in [0.4, 0.5) is 0 Å². The molecule has 0 amide bonds. The highest BCUT2D eigenvalue weighted by Gasteiger charge is 2.56. The van der Waals surface area contributed by atoms with Gasteiger partial charge in [-0.3, -0.25) is 14.4 Å². The molecule has 2 aliphatic heterocycles. The number of rotatable bonds is 2. The molecule has 0 aromatic heterocycles. The predicted octanol–water partition coefficient (Wildman–Crippen LogP) is 0.148. The van der Waals surface area contributed by atoms with E-state index in [1.54, 1.807) is 0 Å². The normalized spacial score (nSPS) is 37.5. The maximum atomic E-state index is 11.4. The van der Waals surface area contributed by atoms with E-state index in [-0.39, 0.29) is 12.2 Å². The Morgan fingerprint density at radius 3 is 2.73 bits per heavy atom. The summed E-state index contributed by atoms with van der Waals surface area (Å²) in [6.07, 6.45) is 2.25. The van der Waals surface area contributed by atoms with Crippen LogP contribution in [0.1, 0.15) is 13.3 Å². The van der Waals surface area contributed by atoms with Crippen LogP contribution in [0.25, 0.3) is 0 Å². The second kappa shape index (κ2) is 2.92. The Kier molecular flexibility index (Phi) is 1.92. The van der Waals surface area contributed by atoms with E-state index < -0.39 is 29.4 Å². The molecule has 1 fully saturated rings. The third kappa shape index (κ3) is 1.19. The molecule has 0 spiro atoms. The first-order chi connectivity index (χ1) is 6.97. The number of ether oxygens (including phenoxy) is 1. The lowest BCUT2D eigenvalue weighted by atomic mass is 9.69. The van der Waals surface area contributed by atoms with Gasteiger partial charge in [0.1, 0.15) is 11.9 Å². The summed E-state index contributed by atoms with van der Waals surface area (Å²) < 4.78 is 4.90. The molecular weight excluding hydrogens is 200 g/mol. The van der Waals surface area contributed by atoms with E-state index in [0.717, 1.165) is 0 Å². The van der Waals surface area contributed by atoms with Crippen molar-refractivity contribution in [1.82, 2.24) is 0 Å². The third-order valence-electron chi connectivity index (χ3n) is 3.02. The summed E-state index contributed by atoms with van der Waals surface area (Å²) in [4.78, 5) is 33.7. The lowest BCUT2D eigenvalue weighted by Crippen LogP contribution is -2.53. The minimum Gasteiger partial charge on any atom is -0.480 e. The lowest BCUT2D eigenvalue weighted by molar-refractivity contribution is -0.181. The first kappa shape index (κ1) is 9.89. The number of hydrogen-bond acceptors (Lipinski definition) is 4. The van der Waals surface area contributed by atoms with Crippen LogP contribution < -0.4 is 0 Å². The maximum absolute atomic E-state index is 11.4. The fourth-order valence-corrected chi connectivity index (χ4v) is 2.05. The summed E-state index contributed by atoms with van der Waals surface area (Å²) in [7, 11) is 0. The van der Waals surface area contributed by atoms with Crippen LogP contribution in [-0.4, -0.2) is 28.9 Å². The number of carbonyl (C=O) groups excluding carboxylic acids is 2. The van der Waals surface area contributed by atoms with Crippen LogP contribution in [0.2, 0.25) is 0 Å². The van der Waals surface area contributed by atoms with Crippen molar-refractivity contribution < 1.29 is 24.2 Å². The summed E-state index contributed by atoms with van der Waals surface area (Å²) in [5.41, 5.74) is -1.65. The van der Waals surface area contributed by atoms with Gasteiger partial charge in [0.15, 0.2) is 5.41 Å². The first-order valence-electron chi connectivity index (χ1n) is 4.61. The molecule has 3 atom stereocenters. The summed E-state index contributed by atoms with van der Waals surface area (Å²) in [5.74, 6) is -2.69. The number of hydrogen-bond donors (Lipinski definition) is 1. The Bertz CT molecular complexity index is 383. The van der Waals surface area contributed by atoms with Crippen LogP contribution in [0, 0.1) is 11.3 Å². The molecule has 5 nitrogen and oxygen atoms in total. The summed E-state index contributed by atoms with van der Waals surface area (Å²) >= 11 is 0. The lowest BCUT2D eigenvalue weighted by Gasteiger charge is -2.41. The average Bonchev–Trinajstić information content (AvgIpc) is 2.17. The molecule has 3 aliphatic rings. The quantitative estimate of drug-likeness (QED) is 0.398. The zero-order valence-corrected chi connectivity index (χ0v) is 8.10. The molecule has 0 radical (unpaired) electrons. The highest BCUT2D eigenvalue weighted by molar-refractivity contribution is 6.04. The van der Waals surface area contributed by atoms with Crippen molar-refractivity contribution in [3.05, 3.63) is 12.2 Å². The van der Waals surface area contributed by atoms with E-state index in [1.807, 2.05) is 0 Å². The van der Waals surface area contributed by atoms with Crippen LogP contribution in [-0.2, 0) is 19.1 Å². The fraction of sp³-hybridized carbons (Fsp3) is 0.500. The molecule has 2 heterocycles. The van der Waals surface area contributed by atoms with Gasteiger partial charge < -0.3 is 9.84 Å². The van der Waals surface area contributed by atoms with E-state index in [0.29, 0.717) is 0 Å². The molecule has 1 N–H and O–H groups in total. The number of carboxylic acids is 1. The monoisotopic (exact) mass is 210 g/mol. The number of aliphatic carboxylic acids is 1. The number of Topliss-reactive ketones (excluding diaryl/α,β-unsaturated/α-hetero) is 1. The SMILES string of the molecule is CC(=O)[C@H]1C[C@]2(C(=O)O)C=C[C@H]1OC2=O. The van der Waals surface area contributed by atoms with Crippen molar-refractivity contribution in [2.75, 3.05) is 0 Å². The predicted molar refractivity (Wildman–Crippen MR) is 47.9 cm³/mol. The smallest absolute Gasteiger partial charge is 0.328 e. The number of ketones is 1. The van der Waals surface area contributed by atoms with Crippen molar-refractivity contribution in [1.29, 1.82) is 0 Å². The van der Waals surface area contributed by atoms with E-state index in [1.165, 1.54) is 19.1 Å². The van der Waals surface area contributed by atoms with Gasteiger partial charge in [0.05, 0.1) is 5.92 Å². The zero-order valence-electron chi connectivity index (χ0n) is 8.10. The molecule has 5 heteroatoms. The minimum atomic E-state index is -1.65. The molecule has 0 unspecified atom stereocenters. The van der Waals surface area contributed by atoms with Gasteiger partial charge in [0.2, 0.25) is 0 Å².